The minimum atomic E-state index is -0.151. The van der Waals surface area contributed by atoms with Gasteiger partial charge in [0.25, 0.3) is 0 Å². The molecular formula is C11H20BrNO2. The lowest BCUT2D eigenvalue weighted by Crippen LogP contribution is -2.40. The molecule has 1 heterocycles. The number of likely N-dealkylation sites (tertiary alicyclic amines) is 1. The van der Waals surface area contributed by atoms with E-state index in [2.05, 4.69) is 22.9 Å². The Bertz CT molecular complexity index is 203. The van der Waals surface area contributed by atoms with Crippen molar-refractivity contribution in [1.82, 2.24) is 4.90 Å². The van der Waals surface area contributed by atoms with Crippen molar-refractivity contribution in [3.05, 3.63) is 0 Å². The second-order valence-corrected chi connectivity index (χ2v) is 4.80. The summed E-state index contributed by atoms with van der Waals surface area (Å²) < 4.78 is 4.98. The normalized spacial score (nSPS) is 20.1. The van der Waals surface area contributed by atoms with Gasteiger partial charge in [-0.05, 0) is 31.6 Å². The highest BCUT2D eigenvalue weighted by Crippen LogP contribution is 2.26. The standard InChI is InChI=1S/C11H20BrNO2/c1-3-15-11(14)13-6-4-10(5-7-13)9(2)8-12/h9-10H,3-8H2,1-2H3. The summed E-state index contributed by atoms with van der Waals surface area (Å²) in [5, 5.41) is 1.05. The maximum absolute atomic E-state index is 11.4. The SMILES string of the molecule is CCOC(=O)N1CCC(C(C)CBr)CC1. The first kappa shape index (κ1) is 12.8. The van der Waals surface area contributed by atoms with Gasteiger partial charge in [-0.15, -0.1) is 0 Å². The first-order chi connectivity index (χ1) is 7.19. The van der Waals surface area contributed by atoms with E-state index in [1.807, 2.05) is 11.8 Å². The molecule has 4 heteroatoms. The molecule has 0 aliphatic carbocycles. The third-order valence-corrected chi connectivity index (χ3v) is 4.14. The number of alkyl halides is 1. The average Bonchev–Trinajstić information content (AvgIpc) is 2.28. The van der Waals surface area contributed by atoms with Gasteiger partial charge in [0.05, 0.1) is 6.61 Å². The number of amides is 1. The van der Waals surface area contributed by atoms with Gasteiger partial charge in [0, 0.05) is 18.4 Å². The smallest absolute Gasteiger partial charge is 0.409 e. The van der Waals surface area contributed by atoms with Crippen LogP contribution in [-0.2, 0) is 4.74 Å². The highest BCUT2D eigenvalue weighted by molar-refractivity contribution is 9.09. The summed E-state index contributed by atoms with van der Waals surface area (Å²) in [4.78, 5) is 13.3. The first-order valence-electron chi connectivity index (χ1n) is 5.66. The Morgan fingerprint density at radius 3 is 2.60 bits per heavy atom. The van der Waals surface area contributed by atoms with Crippen LogP contribution < -0.4 is 0 Å². The van der Waals surface area contributed by atoms with Crippen molar-refractivity contribution in [1.29, 1.82) is 0 Å². The van der Waals surface area contributed by atoms with E-state index in [9.17, 15) is 4.79 Å². The molecule has 3 nitrogen and oxygen atoms in total. The van der Waals surface area contributed by atoms with Crippen LogP contribution in [0.3, 0.4) is 0 Å². The quantitative estimate of drug-likeness (QED) is 0.743. The van der Waals surface area contributed by atoms with E-state index in [1.165, 1.54) is 0 Å². The number of hydrogen-bond acceptors (Lipinski definition) is 2. The van der Waals surface area contributed by atoms with Gasteiger partial charge in [0.15, 0.2) is 0 Å². The van der Waals surface area contributed by atoms with Crippen LogP contribution in [0.25, 0.3) is 0 Å². The summed E-state index contributed by atoms with van der Waals surface area (Å²) in [6.07, 6.45) is 2.06. The van der Waals surface area contributed by atoms with E-state index in [4.69, 9.17) is 4.74 Å². The van der Waals surface area contributed by atoms with Crippen molar-refractivity contribution in [2.75, 3.05) is 25.0 Å². The number of hydrogen-bond donors (Lipinski definition) is 0. The number of nitrogens with zero attached hydrogens (tertiary/aromatic N) is 1. The van der Waals surface area contributed by atoms with Gasteiger partial charge in [-0.25, -0.2) is 4.79 Å². The average molecular weight is 278 g/mol. The van der Waals surface area contributed by atoms with Crippen molar-refractivity contribution in [3.63, 3.8) is 0 Å². The molecule has 1 saturated heterocycles. The molecule has 1 atom stereocenters. The lowest BCUT2D eigenvalue weighted by molar-refractivity contribution is 0.0869. The third-order valence-electron chi connectivity index (χ3n) is 3.11. The van der Waals surface area contributed by atoms with Crippen LogP contribution in [0.2, 0.25) is 0 Å². The van der Waals surface area contributed by atoms with Gasteiger partial charge < -0.3 is 9.64 Å². The van der Waals surface area contributed by atoms with Crippen LogP contribution >= 0.6 is 15.9 Å². The minimum Gasteiger partial charge on any atom is -0.450 e. The molecule has 1 rings (SSSR count). The molecular weight excluding hydrogens is 258 g/mol. The highest BCUT2D eigenvalue weighted by Gasteiger charge is 2.26. The summed E-state index contributed by atoms with van der Waals surface area (Å²) in [6, 6.07) is 0. The predicted octanol–water partition coefficient (Wildman–Crippen LogP) is 2.89. The summed E-state index contributed by atoms with van der Waals surface area (Å²) in [7, 11) is 0. The van der Waals surface area contributed by atoms with Gasteiger partial charge in [0.1, 0.15) is 0 Å². The van der Waals surface area contributed by atoms with E-state index in [1.54, 1.807) is 0 Å². The molecule has 0 spiro atoms. The van der Waals surface area contributed by atoms with Crippen LogP contribution in [-0.4, -0.2) is 36.0 Å². The van der Waals surface area contributed by atoms with Gasteiger partial charge >= 0.3 is 6.09 Å². The van der Waals surface area contributed by atoms with Gasteiger partial charge in [-0.3, -0.25) is 0 Å². The Balaban J connectivity index is 2.32. The van der Waals surface area contributed by atoms with E-state index >= 15 is 0 Å². The lowest BCUT2D eigenvalue weighted by Gasteiger charge is -2.33. The molecule has 1 unspecified atom stereocenters. The van der Waals surface area contributed by atoms with Crippen LogP contribution in [0.4, 0.5) is 4.79 Å². The van der Waals surface area contributed by atoms with Crippen LogP contribution in [0, 0.1) is 11.8 Å². The Labute approximate surface area is 100 Å². The number of carbonyl (C=O) groups excluding carboxylic acids is 1. The van der Waals surface area contributed by atoms with Crippen molar-refractivity contribution in [2.24, 2.45) is 11.8 Å². The summed E-state index contributed by atoms with van der Waals surface area (Å²) in [5.74, 6) is 1.45. The zero-order valence-corrected chi connectivity index (χ0v) is 11.1. The van der Waals surface area contributed by atoms with Crippen molar-refractivity contribution >= 4 is 22.0 Å². The number of ether oxygens (including phenoxy) is 1. The first-order valence-corrected chi connectivity index (χ1v) is 6.78. The van der Waals surface area contributed by atoms with Crippen LogP contribution in [0.1, 0.15) is 26.7 Å². The zero-order chi connectivity index (χ0) is 11.3. The summed E-state index contributed by atoms with van der Waals surface area (Å²) >= 11 is 3.51. The Hall–Kier alpha value is -0.250. The molecule has 0 saturated carbocycles. The number of rotatable bonds is 3. The molecule has 0 bridgehead atoms. The maximum atomic E-state index is 11.4. The molecule has 0 aromatic rings. The fraction of sp³-hybridized carbons (Fsp3) is 0.909. The fourth-order valence-electron chi connectivity index (χ4n) is 1.99. The Kier molecular flexibility index (Phi) is 5.43. The number of piperidine rings is 1. The predicted molar refractivity (Wildman–Crippen MR) is 64.3 cm³/mol. The molecule has 88 valence electrons. The van der Waals surface area contributed by atoms with E-state index in [0.717, 1.165) is 37.2 Å². The van der Waals surface area contributed by atoms with E-state index < -0.39 is 0 Å². The van der Waals surface area contributed by atoms with Crippen molar-refractivity contribution in [3.8, 4) is 0 Å². The monoisotopic (exact) mass is 277 g/mol. The molecule has 0 aromatic heterocycles. The molecule has 1 aliphatic heterocycles. The van der Waals surface area contributed by atoms with E-state index in [-0.39, 0.29) is 6.09 Å². The van der Waals surface area contributed by atoms with Crippen LogP contribution in [0.15, 0.2) is 0 Å². The van der Waals surface area contributed by atoms with Crippen molar-refractivity contribution in [2.45, 2.75) is 26.7 Å². The lowest BCUT2D eigenvalue weighted by atomic mass is 9.87. The molecule has 15 heavy (non-hydrogen) atoms. The Morgan fingerprint density at radius 2 is 2.13 bits per heavy atom. The minimum absolute atomic E-state index is 0.151. The maximum Gasteiger partial charge on any atom is 0.409 e. The Morgan fingerprint density at radius 1 is 1.53 bits per heavy atom. The molecule has 0 N–H and O–H groups in total. The molecule has 1 aliphatic rings. The third kappa shape index (κ3) is 3.67. The van der Waals surface area contributed by atoms with Gasteiger partial charge in [-0.2, -0.15) is 0 Å². The number of halogens is 1. The second-order valence-electron chi connectivity index (χ2n) is 4.15. The summed E-state index contributed by atoms with van der Waals surface area (Å²) in [6.45, 7) is 6.27. The van der Waals surface area contributed by atoms with E-state index in [0.29, 0.717) is 12.5 Å². The molecule has 1 amide bonds. The summed E-state index contributed by atoms with van der Waals surface area (Å²) in [5.41, 5.74) is 0. The topological polar surface area (TPSA) is 29.5 Å². The molecule has 0 radical (unpaired) electrons. The molecule has 0 aromatic carbocycles. The van der Waals surface area contributed by atoms with Gasteiger partial charge in [-0.1, -0.05) is 22.9 Å². The zero-order valence-electron chi connectivity index (χ0n) is 9.54. The fourth-order valence-corrected chi connectivity index (χ4v) is 2.52. The molecule has 1 fully saturated rings. The largest absolute Gasteiger partial charge is 0.450 e. The van der Waals surface area contributed by atoms with Crippen LogP contribution in [0.5, 0.6) is 0 Å². The second kappa shape index (κ2) is 6.36. The van der Waals surface area contributed by atoms with Gasteiger partial charge in [0.2, 0.25) is 0 Å². The number of carbonyl (C=O) groups is 1. The van der Waals surface area contributed by atoms with Crippen molar-refractivity contribution < 1.29 is 9.53 Å². The highest BCUT2D eigenvalue weighted by atomic mass is 79.9.